The molecule has 0 aromatic carbocycles. The van der Waals surface area contributed by atoms with Gasteiger partial charge in [-0.2, -0.15) is 0 Å². The Kier molecular flexibility index (Phi) is 3.43. The van der Waals surface area contributed by atoms with Crippen molar-refractivity contribution < 1.29 is 0 Å². The van der Waals surface area contributed by atoms with Gasteiger partial charge in [0.25, 0.3) is 0 Å². The fourth-order valence-corrected chi connectivity index (χ4v) is 3.27. The molecule has 0 aliphatic carbocycles. The Bertz CT molecular complexity index is 485. The van der Waals surface area contributed by atoms with Crippen LogP contribution in [0.1, 0.15) is 35.9 Å². The lowest BCUT2D eigenvalue weighted by molar-refractivity contribution is 0.553. The Morgan fingerprint density at radius 2 is 2.56 bits per heavy atom. The molecule has 0 spiro atoms. The molecule has 0 radical (unpaired) electrons. The van der Waals surface area contributed by atoms with Crippen molar-refractivity contribution in [1.82, 2.24) is 19.9 Å². The lowest BCUT2D eigenvalue weighted by atomic mass is 10.1. The molecule has 5 heteroatoms. The Labute approximate surface area is 111 Å². The lowest BCUT2D eigenvalue weighted by Gasteiger charge is -2.15. The summed E-state index contributed by atoms with van der Waals surface area (Å²) in [6, 6.07) is 0. The number of hydrogen-bond acceptors (Lipinski definition) is 4. The Balaban J connectivity index is 1.74. The second-order valence-electron chi connectivity index (χ2n) is 4.93. The minimum absolute atomic E-state index is 0.451. The van der Waals surface area contributed by atoms with Crippen LogP contribution in [-0.2, 0) is 6.54 Å². The van der Waals surface area contributed by atoms with Gasteiger partial charge in [0.2, 0.25) is 0 Å². The summed E-state index contributed by atoms with van der Waals surface area (Å²) in [4.78, 5) is 8.72. The van der Waals surface area contributed by atoms with E-state index in [1.165, 1.54) is 17.1 Å². The maximum Gasteiger partial charge on any atom is 0.0970 e. The Morgan fingerprint density at radius 1 is 1.61 bits per heavy atom. The van der Waals surface area contributed by atoms with Gasteiger partial charge in [-0.15, -0.1) is 11.3 Å². The number of rotatable bonds is 4. The minimum Gasteiger partial charge on any atom is -0.334 e. The summed E-state index contributed by atoms with van der Waals surface area (Å²) in [7, 11) is 0. The van der Waals surface area contributed by atoms with Gasteiger partial charge in [0, 0.05) is 48.4 Å². The zero-order chi connectivity index (χ0) is 12.4. The van der Waals surface area contributed by atoms with Crippen LogP contribution in [-0.4, -0.2) is 27.6 Å². The number of imidazole rings is 1. The van der Waals surface area contributed by atoms with Crippen LogP contribution in [0.2, 0.25) is 0 Å². The van der Waals surface area contributed by atoms with E-state index >= 15 is 0 Å². The molecule has 3 rings (SSSR count). The van der Waals surface area contributed by atoms with Crippen LogP contribution in [0.3, 0.4) is 0 Å². The summed E-state index contributed by atoms with van der Waals surface area (Å²) in [5.41, 5.74) is 1.36. The highest BCUT2D eigenvalue weighted by atomic mass is 32.1. The van der Waals surface area contributed by atoms with Gasteiger partial charge in [-0.3, -0.25) is 0 Å². The maximum atomic E-state index is 4.40. The first-order chi connectivity index (χ1) is 8.84. The van der Waals surface area contributed by atoms with Crippen molar-refractivity contribution in [2.24, 2.45) is 0 Å². The molecule has 1 saturated heterocycles. The molecule has 1 fully saturated rings. The molecule has 0 amide bonds. The molecular formula is C13H18N4S. The highest BCUT2D eigenvalue weighted by Gasteiger charge is 2.21. The second-order valence-corrected chi connectivity index (χ2v) is 5.86. The zero-order valence-corrected chi connectivity index (χ0v) is 11.4. The SMILES string of the molecule is CC(Cn1cncc1C1CCNC1)c1nccs1. The third kappa shape index (κ3) is 2.33. The predicted octanol–water partition coefficient (Wildman–Crippen LogP) is 2.22. The average Bonchev–Trinajstić information content (AvgIpc) is 3.11. The third-order valence-electron chi connectivity index (χ3n) is 3.57. The largest absolute Gasteiger partial charge is 0.334 e. The van der Waals surface area contributed by atoms with E-state index in [1.54, 1.807) is 11.3 Å². The van der Waals surface area contributed by atoms with Gasteiger partial charge in [-0.1, -0.05) is 6.92 Å². The summed E-state index contributed by atoms with van der Waals surface area (Å²) >= 11 is 1.73. The molecule has 0 bridgehead atoms. The van der Waals surface area contributed by atoms with E-state index in [1.807, 2.05) is 24.1 Å². The van der Waals surface area contributed by atoms with Crippen LogP contribution in [0.5, 0.6) is 0 Å². The van der Waals surface area contributed by atoms with Crippen LogP contribution >= 0.6 is 11.3 Å². The second kappa shape index (κ2) is 5.20. The summed E-state index contributed by atoms with van der Waals surface area (Å²) in [5.74, 6) is 1.07. The van der Waals surface area contributed by atoms with Crippen LogP contribution in [0.25, 0.3) is 0 Å². The van der Waals surface area contributed by atoms with Crippen LogP contribution in [0.15, 0.2) is 24.1 Å². The average molecular weight is 262 g/mol. The molecule has 96 valence electrons. The third-order valence-corrected chi connectivity index (χ3v) is 4.57. The van der Waals surface area contributed by atoms with Gasteiger partial charge in [0.15, 0.2) is 0 Å². The summed E-state index contributed by atoms with van der Waals surface area (Å²) in [6.45, 7) is 5.41. The molecule has 1 aliphatic heterocycles. The van der Waals surface area contributed by atoms with E-state index in [0.29, 0.717) is 11.8 Å². The maximum absolute atomic E-state index is 4.40. The van der Waals surface area contributed by atoms with E-state index in [4.69, 9.17) is 0 Å². The molecule has 2 aromatic heterocycles. The number of aromatic nitrogens is 3. The number of nitrogens with one attached hydrogen (secondary N) is 1. The summed E-state index contributed by atoms with van der Waals surface area (Å²) < 4.78 is 2.30. The van der Waals surface area contributed by atoms with Gasteiger partial charge < -0.3 is 9.88 Å². The van der Waals surface area contributed by atoms with E-state index in [9.17, 15) is 0 Å². The van der Waals surface area contributed by atoms with E-state index in [-0.39, 0.29) is 0 Å². The number of thiazole rings is 1. The van der Waals surface area contributed by atoms with Crippen molar-refractivity contribution >= 4 is 11.3 Å². The molecule has 2 unspecified atom stereocenters. The summed E-state index contributed by atoms with van der Waals surface area (Å²) in [5, 5.41) is 6.67. The number of hydrogen-bond donors (Lipinski definition) is 1. The molecule has 3 heterocycles. The van der Waals surface area contributed by atoms with Gasteiger partial charge in [-0.25, -0.2) is 9.97 Å². The van der Waals surface area contributed by atoms with Crippen molar-refractivity contribution in [3.63, 3.8) is 0 Å². The van der Waals surface area contributed by atoms with Gasteiger partial charge >= 0.3 is 0 Å². The molecule has 2 atom stereocenters. The summed E-state index contributed by atoms with van der Waals surface area (Å²) in [6.07, 6.45) is 7.08. The van der Waals surface area contributed by atoms with Gasteiger partial charge in [0.05, 0.1) is 11.3 Å². The van der Waals surface area contributed by atoms with Crippen molar-refractivity contribution in [3.05, 3.63) is 34.8 Å². The number of nitrogens with zero attached hydrogens (tertiary/aromatic N) is 3. The minimum atomic E-state index is 0.451. The zero-order valence-electron chi connectivity index (χ0n) is 10.5. The first-order valence-corrected chi connectivity index (χ1v) is 7.32. The molecule has 18 heavy (non-hydrogen) atoms. The first kappa shape index (κ1) is 11.9. The molecule has 4 nitrogen and oxygen atoms in total. The van der Waals surface area contributed by atoms with E-state index in [0.717, 1.165) is 19.6 Å². The molecule has 0 saturated carbocycles. The highest BCUT2D eigenvalue weighted by Crippen LogP contribution is 2.25. The normalized spacial score (nSPS) is 21.3. The smallest absolute Gasteiger partial charge is 0.0970 e. The molecule has 2 aromatic rings. The quantitative estimate of drug-likeness (QED) is 0.918. The molecule has 1 N–H and O–H groups in total. The van der Waals surface area contributed by atoms with Crippen molar-refractivity contribution in [1.29, 1.82) is 0 Å². The lowest BCUT2D eigenvalue weighted by Crippen LogP contribution is -2.13. The monoisotopic (exact) mass is 262 g/mol. The van der Waals surface area contributed by atoms with Crippen molar-refractivity contribution in [2.75, 3.05) is 13.1 Å². The standard InChI is InChI=1S/C13H18N4S/c1-10(13-16-4-5-18-13)8-17-9-15-7-12(17)11-2-3-14-6-11/h4-5,7,9-11,14H,2-3,6,8H2,1H3. The van der Waals surface area contributed by atoms with Crippen molar-refractivity contribution in [3.8, 4) is 0 Å². The Hall–Kier alpha value is -1.20. The topological polar surface area (TPSA) is 42.7 Å². The van der Waals surface area contributed by atoms with Crippen LogP contribution < -0.4 is 5.32 Å². The Morgan fingerprint density at radius 3 is 3.28 bits per heavy atom. The van der Waals surface area contributed by atoms with E-state index < -0.39 is 0 Å². The first-order valence-electron chi connectivity index (χ1n) is 6.44. The van der Waals surface area contributed by atoms with Gasteiger partial charge in [0.1, 0.15) is 0 Å². The van der Waals surface area contributed by atoms with Crippen LogP contribution in [0, 0.1) is 0 Å². The fraction of sp³-hybridized carbons (Fsp3) is 0.538. The van der Waals surface area contributed by atoms with E-state index in [2.05, 4.69) is 26.8 Å². The molecule has 1 aliphatic rings. The van der Waals surface area contributed by atoms with Crippen molar-refractivity contribution in [2.45, 2.75) is 31.7 Å². The van der Waals surface area contributed by atoms with Gasteiger partial charge in [-0.05, 0) is 13.0 Å². The predicted molar refractivity (Wildman–Crippen MR) is 73.0 cm³/mol. The highest BCUT2D eigenvalue weighted by molar-refractivity contribution is 7.09. The fourth-order valence-electron chi connectivity index (χ4n) is 2.58. The molecular weight excluding hydrogens is 244 g/mol. The van der Waals surface area contributed by atoms with Crippen LogP contribution in [0.4, 0.5) is 0 Å².